The van der Waals surface area contributed by atoms with E-state index in [4.69, 9.17) is 0 Å². The van der Waals surface area contributed by atoms with E-state index in [9.17, 15) is 31.1 Å². The number of pyridine rings is 2. The quantitative estimate of drug-likeness (QED) is 0.615. The minimum Gasteiger partial charge on any atom is -0.303 e. The van der Waals surface area contributed by atoms with Gasteiger partial charge in [-0.15, -0.1) is 0 Å². The highest BCUT2D eigenvalue weighted by Gasteiger charge is 2.76. The van der Waals surface area contributed by atoms with Crippen LogP contribution in [0.3, 0.4) is 0 Å². The highest BCUT2D eigenvalue weighted by atomic mass is 19.4. The largest absolute Gasteiger partial charge is 0.475 e. The van der Waals surface area contributed by atoms with Crippen molar-refractivity contribution in [2.45, 2.75) is 24.6 Å². The van der Waals surface area contributed by atoms with E-state index in [0.717, 1.165) is 17.6 Å². The van der Waals surface area contributed by atoms with Crippen molar-refractivity contribution < 1.29 is 36.5 Å². The van der Waals surface area contributed by atoms with E-state index in [1.807, 2.05) is 0 Å². The Morgan fingerprint density at radius 3 is 2.19 bits per heavy atom. The lowest BCUT2D eigenvalue weighted by molar-refractivity contribution is -0.796. The lowest BCUT2D eigenvalue weighted by Gasteiger charge is -2.34. The van der Waals surface area contributed by atoms with Gasteiger partial charge in [0.15, 0.2) is 0 Å². The lowest BCUT2D eigenvalue weighted by atomic mass is 10.1. The second kappa shape index (κ2) is 7.28. The molecule has 26 heavy (non-hydrogen) atoms. The molecule has 2 aromatic heterocycles. The Labute approximate surface area is 143 Å². The average Bonchev–Trinajstić information content (AvgIpc) is 2.58. The van der Waals surface area contributed by atoms with Crippen LogP contribution in [0.2, 0.25) is 0 Å². The molecule has 0 aliphatic heterocycles. The van der Waals surface area contributed by atoms with E-state index in [-0.39, 0.29) is 11.0 Å². The van der Waals surface area contributed by atoms with E-state index in [1.54, 1.807) is 0 Å². The van der Waals surface area contributed by atoms with Crippen molar-refractivity contribution >= 4 is 5.91 Å². The number of quaternary nitrogens is 1. The van der Waals surface area contributed by atoms with Crippen LogP contribution >= 0.6 is 0 Å². The first-order valence-electron chi connectivity index (χ1n) is 7.17. The predicted octanol–water partition coefficient (Wildman–Crippen LogP) is 1.79. The maximum atomic E-state index is 13.4. The molecule has 0 aromatic carbocycles. The van der Waals surface area contributed by atoms with Crippen molar-refractivity contribution in [1.82, 2.24) is 15.3 Å². The first-order chi connectivity index (χ1) is 12.1. The standard InChI is InChI=1S/C15H12F6N4O/c16-14(17,18)13(15(19,20)21,24-9-11-5-1-2-7-23-11)25-12(26)10-4-3-6-22-8-10/h1-8,24H,9H2,(H,25,26)/p+1. The number of nitrogens with zero attached hydrogens (tertiary/aromatic N) is 2. The molecule has 2 rings (SSSR count). The molecule has 0 aliphatic carbocycles. The zero-order chi connectivity index (χ0) is 19.4. The fraction of sp³-hybridized carbons (Fsp3) is 0.267. The summed E-state index contributed by atoms with van der Waals surface area (Å²) < 4.78 is 80.7. The van der Waals surface area contributed by atoms with Crippen molar-refractivity contribution in [3.8, 4) is 0 Å². The maximum Gasteiger partial charge on any atom is 0.475 e. The van der Waals surface area contributed by atoms with Crippen LogP contribution in [0, 0.1) is 0 Å². The summed E-state index contributed by atoms with van der Waals surface area (Å²) in [6.45, 7) is -0.757. The third-order valence-electron chi connectivity index (χ3n) is 3.47. The molecule has 0 radical (unpaired) electrons. The molecule has 0 saturated heterocycles. The number of amides is 1. The van der Waals surface area contributed by atoms with Gasteiger partial charge in [-0.2, -0.15) is 26.3 Å². The summed E-state index contributed by atoms with van der Waals surface area (Å²) in [5.74, 6) is -1.55. The first kappa shape index (κ1) is 19.6. The van der Waals surface area contributed by atoms with Crippen LogP contribution in [0.15, 0.2) is 48.9 Å². The minimum atomic E-state index is -5.82. The number of hydrogen-bond acceptors (Lipinski definition) is 3. The van der Waals surface area contributed by atoms with E-state index >= 15 is 0 Å². The van der Waals surface area contributed by atoms with Gasteiger partial charge >= 0.3 is 18.0 Å². The number of alkyl halides is 6. The van der Waals surface area contributed by atoms with Crippen LogP contribution in [-0.2, 0) is 6.54 Å². The van der Waals surface area contributed by atoms with E-state index in [2.05, 4.69) is 9.97 Å². The second-order valence-electron chi connectivity index (χ2n) is 5.23. The summed E-state index contributed by atoms with van der Waals surface area (Å²) in [5, 5.41) is 1.05. The van der Waals surface area contributed by atoms with Gasteiger partial charge in [0.05, 0.1) is 11.3 Å². The molecule has 11 heteroatoms. The molecular formula is C15H13F6N4O+. The number of carbonyl (C=O) groups is 1. The Hall–Kier alpha value is -2.69. The summed E-state index contributed by atoms with van der Waals surface area (Å²) in [4.78, 5) is 19.2. The van der Waals surface area contributed by atoms with Gasteiger partial charge in [-0.1, -0.05) is 6.07 Å². The zero-order valence-corrected chi connectivity index (χ0v) is 13.0. The summed E-state index contributed by atoms with van der Waals surface area (Å²) >= 11 is 0. The molecule has 0 aliphatic rings. The van der Waals surface area contributed by atoms with Gasteiger partial charge in [0.2, 0.25) is 0 Å². The van der Waals surface area contributed by atoms with Crippen molar-refractivity contribution in [3.05, 3.63) is 60.2 Å². The molecule has 2 heterocycles. The SMILES string of the molecule is O=C(NC([NH2+]Cc1ccccn1)(C(F)(F)F)C(F)(F)F)c1cccnc1. The number of hydrogen-bond donors (Lipinski definition) is 2. The number of nitrogens with two attached hydrogens (primary N) is 1. The van der Waals surface area contributed by atoms with Crippen molar-refractivity contribution in [2.75, 3.05) is 0 Å². The number of nitrogens with one attached hydrogen (secondary N) is 1. The van der Waals surface area contributed by atoms with Gasteiger partial charge in [-0.25, -0.2) is 0 Å². The molecular weight excluding hydrogens is 366 g/mol. The van der Waals surface area contributed by atoms with Crippen molar-refractivity contribution in [2.24, 2.45) is 0 Å². The van der Waals surface area contributed by atoms with Crippen LogP contribution in [0.4, 0.5) is 26.3 Å². The summed E-state index contributed by atoms with van der Waals surface area (Å²) in [5.41, 5.74) is -4.98. The Bertz CT molecular complexity index is 719. The molecule has 0 bridgehead atoms. The number of carbonyl (C=O) groups excluding carboxylic acids is 1. The van der Waals surface area contributed by atoms with Gasteiger partial charge < -0.3 is 5.32 Å². The van der Waals surface area contributed by atoms with Gasteiger partial charge in [-0.3, -0.25) is 20.1 Å². The molecule has 0 unspecified atom stereocenters. The monoisotopic (exact) mass is 379 g/mol. The predicted molar refractivity (Wildman–Crippen MR) is 76.4 cm³/mol. The zero-order valence-electron chi connectivity index (χ0n) is 13.0. The Morgan fingerprint density at radius 1 is 1.00 bits per heavy atom. The van der Waals surface area contributed by atoms with Gasteiger partial charge in [0.1, 0.15) is 6.54 Å². The number of halogens is 6. The van der Waals surface area contributed by atoms with Crippen molar-refractivity contribution in [3.63, 3.8) is 0 Å². The van der Waals surface area contributed by atoms with Crippen LogP contribution < -0.4 is 10.6 Å². The molecule has 2 aromatic rings. The molecule has 140 valence electrons. The Balaban J connectivity index is 2.38. The fourth-order valence-electron chi connectivity index (χ4n) is 2.11. The van der Waals surface area contributed by atoms with E-state index in [0.29, 0.717) is 0 Å². The van der Waals surface area contributed by atoms with Crippen molar-refractivity contribution in [1.29, 1.82) is 0 Å². The van der Waals surface area contributed by atoms with Crippen LogP contribution in [0.5, 0.6) is 0 Å². The smallest absolute Gasteiger partial charge is 0.303 e. The first-order valence-corrected chi connectivity index (χ1v) is 7.17. The summed E-state index contributed by atoms with van der Waals surface area (Å²) in [7, 11) is 0. The second-order valence-corrected chi connectivity index (χ2v) is 5.23. The van der Waals surface area contributed by atoms with E-state index < -0.39 is 36.0 Å². The minimum absolute atomic E-state index is 0.0130. The third kappa shape index (κ3) is 4.10. The molecule has 0 saturated carbocycles. The van der Waals surface area contributed by atoms with Gasteiger partial charge in [0, 0.05) is 18.6 Å². The molecule has 3 N–H and O–H groups in total. The molecule has 0 fully saturated rings. The highest BCUT2D eigenvalue weighted by Crippen LogP contribution is 2.38. The molecule has 0 spiro atoms. The van der Waals surface area contributed by atoms with Crippen LogP contribution in [0.25, 0.3) is 0 Å². The third-order valence-corrected chi connectivity index (χ3v) is 3.47. The van der Waals surface area contributed by atoms with Crippen LogP contribution in [-0.4, -0.2) is 33.9 Å². The normalized spacial score (nSPS) is 12.7. The Morgan fingerprint density at radius 2 is 1.69 bits per heavy atom. The maximum absolute atomic E-state index is 13.4. The number of aromatic nitrogens is 2. The fourth-order valence-corrected chi connectivity index (χ4v) is 2.11. The average molecular weight is 379 g/mol. The highest BCUT2D eigenvalue weighted by molar-refractivity contribution is 5.94. The summed E-state index contributed by atoms with van der Waals surface area (Å²) in [6.07, 6.45) is -8.31. The Kier molecular flexibility index (Phi) is 5.50. The van der Waals surface area contributed by atoms with Gasteiger partial charge in [0.25, 0.3) is 5.91 Å². The lowest BCUT2D eigenvalue weighted by Crippen LogP contribution is -3.07. The number of rotatable bonds is 5. The molecule has 0 atom stereocenters. The summed E-state index contributed by atoms with van der Waals surface area (Å²) in [6, 6.07) is 6.44. The molecule has 1 amide bonds. The topological polar surface area (TPSA) is 71.5 Å². The van der Waals surface area contributed by atoms with Crippen LogP contribution in [0.1, 0.15) is 16.1 Å². The van der Waals surface area contributed by atoms with Gasteiger partial charge in [-0.05, 0) is 24.3 Å². The van der Waals surface area contributed by atoms with E-state index in [1.165, 1.54) is 36.7 Å². The molecule has 5 nitrogen and oxygen atoms in total.